The van der Waals surface area contributed by atoms with E-state index in [0.29, 0.717) is 6.04 Å². The van der Waals surface area contributed by atoms with Crippen LogP contribution in [0, 0.1) is 6.92 Å². The van der Waals surface area contributed by atoms with Crippen molar-refractivity contribution in [3.63, 3.8) is 0 Å². The third-order valence-corrected chi connectivity index (χ3v) is 5.36. The number of aryl methyl sites for hydroxylation is 1. The molecule has 1 atom stereocenters. The van der Waals surface area contributed by atoms with Crippen LogP contribution >= 0.6 is 39.9 Å². The van der Waals surface area contributed by atoms with E-state index in [1.54, 1.807) is 0 Å². The summed E-state index contributed by atoms with van der Waals surface area (Å²) in [6, 6.07) is 7.06. The minimum Gasteiger partial charge on any atom is -0.357 e. The maximum Gasteiger partial charge on any atom is 0.194 e. The zero-order chi connectivity index (χ0) is 16.9. The van der Waals surface area contributed by atoms with Crippen LogP contribution in [0.25, 0.3) is 0 Å². The Hall–Kier alpha value is -0.600. The maximum absolute atomic E-state index is 4.90. The molecule has 2 heterocycles. The quantitative estimate of drug-likeness (QED) is 0.285. The van der Waals surface area contributed by atoms with E-state index in [2.05, 4.69) is 75.2 Å². The molecule has 3 rings (SSSR count). The van der Waals surface area contributed by atoms with Gasteiger partial charge in [-0.25, -0.2) is 4.99 Å². The predicted octanol–water partition coefficient (Wildman–Crippen LogP) is 3.79. The number of hydrogen-bond acceptors (Lipinski definition) is 2. The molecule has 0 amide bonds. The van der Waals surface area contributed by atoms with Crippen LogP contribution in [0.1, 0.15) is 24.5 Å². The molecule has 1 saturated heterocycles. The number of halogens is 2. The molecule has 138 valence electrons. The van der Waals surface area contributed by atoms with Gasteiger partial charge in [0.25, 0.3) is 0 Å². The Morgan fingerprint density at radius 2 is 2.08 bits per heavy atom. The normalized spacial score (nSPS) is 20.8. The van der Waals surface area contributed by atoms with Gasteiger partial charge in [0.05, 0.1) is 6.54 Å². The molecule has 1 aromatic carbocycles. The number of benzene rings is 1. The molecule has 2 aliphatic heterocycles. The fourth-order valence-electron chi connectivity index (χ4n) is 3.45. The third kappa shape index (κ3) is 5.44. The minimum absolute atomic E-state index is 0. The van der Waals surface area contributed by atoms with E-state index >= 15 is 0 Å². The van der Waals surface area contributed by atoms with Crippen LogP contribution in [0.15, 0.2) is 39.8 Å². The van der Waals surface area contributed by atoms with Crippen molar-refractivity contribution in [1.29, 1.82) is 0 Å². The molecule has 2 aliphatic rings. The SMILES string of the molecule is CCNC(=NCc1ccc(Br)cc1C)N1CCC(N2CC=CC2)C1.I. The summed E-state index contributed by atoms with van der Waals surface area (Å²) in [5.41, 5.74) is 2.57. The standard InChI is InChI=1S/C19H27BrN4.HI/c1-3-21-19(22-13-16-6-7-17(20)12-15(16)2)24-11-8-18(14-24)23-9-4-5-10-23;/h4-7,12,18H,3,8-11,13-14H2,1-2H3,(H,21,22);1H. The van der Waals surface area contributed by atoms with Crippen molar-refractivity contribution in [2.45, 2.75) is 32.9 Å². The summed E-state index contributed by atoms with van der Waals surface area (Å²) in [6.07, 6.45) is 5.78. The largest absolute Gasteiger partial charge is 0.357 e. The van der Waals surface area contributed by atoms with Gasteiger partial charge in [-0.1, -0.05) is 34.1 Å². The Kier molecular flexibility index (Phi) is 8.22. The van der Waals surface area contributed by atoms with Gasteiger partial charge in [0.1, 0.15) is 0 Å². The highest BCUT2D eigenvalue weighted by Crippen LogP contribution is 2.19. The highest BCUT2D eigenvalue weighted by molar-refractivity contribution is 14.0. The summed E-state index contributed by atoms with van der Waals surface area (Å²) in [7, 11) is 0. The third-order valence-electron chi connectivity index (χ3n) is 4.86. The highest BCUT2D eigenvalue weighted by Gasteiger charge is 2.29. The molecular weight excluding hydrogens is 491 g/mol. The van der Waals surface area contributed by atoms with Gasteiger partial charge in [-0.3, -0.25) is 4.90 Å². The van der Waals surface area contributed by atoms with Crippen LogP contribution < -0.4 is 5.32 Å². The molecule has 6 heteroatoms. The minimum atomic E-state index is 0. The van der Waals surface area contributed by atoms with Crippen molar-refractivity contribution in [3.05, 3.63) is 46.0 Å². The molecule has 25 heavy (non-hydrogen) atoms. The van der Waals surface area contributed by atoms with Crippen molar-refractivity contribution >= 4 is 45.9 Å². The molecule has 0 saturated carbocycles. The van der Waals surface area contributed by atoms with Crippen LogP contribution in [0.4, 0.5) is 0 Å². The molecule has 0 bridgehead atoms. The summed E-state index contributed by atoms with van der Waals surface area (Å²) in [5, 5.41) is 3.47. The smallest absolute Gasteiger partial charge is 0.194 e. The molecule has 0 aliphatic carbocycles. The monoisotopic (exact) mass is 518 g/mol. The molecule has 1 aromatic rings. The molecule has 1 N–H and O–H groups in total. The number of likely N-dealkylation sites (tertiary alicyclic amines) is 1. The van der Waals surface area contributed by atoms with E-state index in [-0.39, 0.29) is 24.0 Å². The first-order valence-electron chi connectivity index (χ1n) is 8.84. The zero-order valence-electron chi connectivity index (χ0n) is 15.0. The van der Waals surface area contributed by atoms with Gasteiger partial charge in [-0.15, -0.1) is 24.0 Å². The fourth-order valence-corrected chi connectivity index (χ4v) is 3.92. The Bertz CT molecular complexity index is 624. The van der Waals surface area contributed by atoms with Crippen LogP contribution in [0.5, 0.6) is 0 Å². The number of nitrogens with one attached hydrogen (secondary N) is 1. The summed E-state index contributed by atoms with van der Waals surface area (Å²) < 4.78 is 1.13. The Morgan fingerprint density at radius 3 is 2.76 bits per heavy atom. The molecule has 1 fully saturated rings. The van der Waals surface area contributed by atoms with Crippen LogP contribution in [0.2, 0.25) is 0 Å². The predicted molar refractivity (Wildman–Crippen MR) is 120 cm³/mol. The van der Waals surface area contributed by atoms with Crippen LogP contribution in [0.3, 0.4) is 0 Å². The second-order valence-corrected chi connectivity index (χ2v) is 7.47. The van der Waals surface area contributed by atoms with Crippen molar-refractivity contribution in [1.82, 2.24) is 15.1 Å². The number of guanidine groups is 1. The average Bonchev–Trinajstić information content (AvgIpc) is 3.24. The highest BCUT2D eigenvalue weighted by atomic mass is 127. The first kappa shape index (κ1) is 20.7. The lowest BCUT2D eigenvalue weighted by molar-refractivity contribution is 0.259. The number of nitrogens with zero attached hydrogens (tertiary/aromatic N) is 3. The second-order valence-electron chi connectivity index (χ2n) is 6.55. The lowest BCUT2D eigenvalue weighted by Gasteiger charge is -2.25. The number of rotatable bonds is 4. The van der Waals surface area contributed by atoms with Crippen molar-refractivity contribution < 1.29 is 0 Å². The summed E-state index contributed by atoms with van der Waals surface area (Å²) in [5.74, 6) is 1.05. The van der Waals surface area contributed by atoms with Gasteiger partial charge in [-0.2, -0.15) is 0 Å². The van der Waals surface area contributed by atoms with Gasteiger partial charge in [0.15, 0.2) is 5.96 Å². The van der Waals surface area contributed by atoms with E-state index in [4.69, 9.17) is 4.99 Å². The van der Waals surface area contributed by atoms with Gasteiger partial charge >= 0.3 is 0 Å². The number of hydrogen-bond donors (Lipinski definition) is 1. The lowest BCUT2D eigenvalue weighted by atomic mass is 10.1. The van der Waals surface area contributed by atoms with Crippen LogP contribution in [-0.2, 0) is 6.54 Å². The Balaban J connectivity index is 0.00000225. The fraction of sp³-hybridized carbons (Fsp3) is 0.526. The average molecular weight is 519 g/mol. The van der Waals surface area contributed by atoms with Gasteiger partial charge in [0, 0.05) is 43.2 Å². The summed E-state index contributed by atoms with van der Waals surface area (Å²) in [4.78, 5) is 9.87. The molecule has 0 spiro atoms. The topological polar surface area (TPSA) is 30.9 Å². The number of aliphatic imine (C=N–C) groups is 1. The van der Waals surface area contributed by atoms with E-state index in [1.807, 2.05) is 0 Å². The van der Waals surface area contributed by atoms with E-state index in [1.165, 1.54) is 17.5 Å². The van der Waals surface area contributed by atoms with Gasteiger partial charge in [0.2, 0.25) is 0 Å². The lowest BCUT2D eigenvalue weighted by Crippen LogP contribution is -2.42. The maximum atomic E-state index is 4.90. The first-order chi connectivity index (χ1) is 11.7. The zero-order valence-corrected chi connectivity index (χ0v) is 19.0. The van der Waals surface area contributed by atoms with Crippen LogP contribution in [-0.4, -0.2) is 54.5 Å². The van der Waals surface area contributed by atoms with E-state index in [0.717, 1.165) is 49.7 Å². The summed E-state index contributed by atoms with van der Waals surface area (Å²) in [6.45, 7) is 10.3. The van der Waals surface area contributed by atoms with Crippen molar-refractivity contribution in [2.75, 3.05) is 32.7 Å². The Labute approximate surface area is 176 Å². The molecule has 1 unspecified atom stereocenters. The Morgan fingerprint density at radius 1 is 1.32 bits per heavy atom. The van der Waals surface area contributed by atoms with E-state index in [9.17, 15) is 0 Å². The van der Waals surface area contributed by atoms with E-state index < -0.39 is 0 Å². The molecule has 4 nitrogen and oxygen atoms in total. The first-order valence-corrected chi connectivity index (χ1v) is 9.64. The van der Waals surface area contributed by atoms with Gasteiger partial charge in [-0.05, 0) is 43.5 Å². The molecule has 0 aromatic heterocycles. The second kappa shape index (κ2) is 9.92. The molecular formula is C19H28BrIN4. The van der Waals surface area contributed by atoms with Crippen molar-refractivity contribution in [2.24, 2.45) is 4.99 Å². The van der Waals surface area contributed by atoms with Crippen molar-refractivity contribution in [3.8, 4) is 0 Å². The molecule has 0 radical (unpaired) electrons. The van der Waals surface area contributed by atoms with Gasteiger partial charge < -0.3 is 10.2 Å². The summed E-state index contributed by atoms with van der Waals surface area (Å²) >= 11 is 3.53.